The summed E-state index contributed by atoms with van der Waals surface area (Å²) in [6, 6.07) is 0. The normalized spacial score (nSPS) is 38.6. The molecule has 0 aromatic heterocycles. The molecule has 1 aliphatic heterocycles. The number of esters is 2. The molecule has 0 aromatic carbocycles. The highest BCUT2D eigenvalue weighted by molar-refractivity contribution is 5.91. The van der Waals surface area contributed by atoms with E-state index in [4.69, 9.17) is 9.47 Å². The van der Waals surface area contributed by atoms with Gasteiger partial charge in [-0.3, -0.25) is 4.79 Å². The van der Waals surface area contributed by atoms with Crippen molar-refractivity contribution >= 4 is 11.9 Å². The molecule has 0 unspecified atom stereocenters. The van der Waals surface area contributed by atoms with E-state index in [0.29, 0.717) is 12.0 Å². The Morgan fingerprint density at radius 1 is 1.24 bits per heavy atom. The Hall–Kier alpha value is -1.84. The summed E-state index contributed by atoms with van der Waals surface area (Å²) in [7, 11) is 0. The first kappa shape index (κ1) is 14.1. The van der Waals surface area contributed by atoms with Gasteiger partial charge in [-0.25, -0.2) is 4.79 Å². The molecule has 0 N–H and O–H groups in total. The fraction of sp³-hybridized carbons (Fsp3) is 0.529. The molecule has 4 nitrogen and oxygen atoms in total. The van der Waals surface area contributed by atoms with Crippen LogP contribution in [0.2, 0.25) is 0 Å². The zero-order chi connectivity index (χ0) is 15.3. The number of hydrogen-bond acceptors (Lipinski definition) is 4. The first-order chi connectivity index (χ1) is 9.90. The minimum absolute atomic E-state index is 0.0163. The lowest BCUT2D eigenvalue weighted by Crippen LogP contribution is -2.38. The van der Waals surface area contributed by atoms with E-state index < -0.39 is 12.1 Å². The van der Waals surface area contributed by atoms with Crippen molar-refractivity contribution in [3.05, 3.63) is 36.5 Å². The van der Waals surface area contributed by atoms with Crippen molar-refractivity contribution in [2.24, 2.45) is 17.8 Å². The van der Waals surface area contributed by atoms with Crippen molar-refractivity contribution in [1.29, 1.82) is 0 Å². The first-order valence-corrected chi connectivity index (χ1v) is 7.32. The predicted molar refractivity (Wildman–Crippen MR) is 77.2 cm³/mol. The maximum absolute atomic E-state index is 11.9. The molecule has 5 atom stereocenters. The smallest absolute Gasteiger partial charge is 0.334 e. The van der Waals surface area contributed by atoms with Gasteiger partial charge < -0.3 is 9.47 Å². The van der Waals surface area contributed by atoms with E-state index in [1.165, 1.54) is 6.92 Å². The average Bonchev–Trinajstić information content (AvgIpc) is 2.86. The summed E-state index contributed by atoms with van der Waals surface area (Å²) >= 11 is 0. The summed E-state index contributed by atoms with van der Waals surface area (Å²) < 4.78 is 11.0. The molecular weight excluding hydrogens is 268 g/mol. The van der Waals surface area contributed by atoms with E-state index in [0.717, 1.165) is 24.0 Å². The van der Waals surface area contributed by atoms with Crippen LogP contribution in [0.4, 0.5) is 0 Å². The summed E-state index contributed by atoms with van der Waals surface area (Å²) in [5.74, 6) is -0.765. The Bertz CT molecular complexity index is 559. The summed E-state index contributed by atoms with van der Waals surface area (Å²) in [4.78, 5) is 23.4. The summed E-state index contributed by atoms with van der Waals surface area (Å²) in [6.07, 6.45) is 1.75. The molecule has 1 heterocycles. The van der Waals surface area contributed by atoms with Crippen LogP contribution in [-0.2, 0) is 19.1 Å². The monoisotopic (exact) mass is 288 g/mol. The SMILES string of the molecule is C=C1CC[C@H]2C(=C)C[C@@H]3OC(=O)C(=C)[C@H]3[C@H](OC(C)=O)[C@@H]12. The fourth-order valence-corrected chi connectivity index (χ4v) is 4.09. The topological polar surface area (TPSA) is 52.6 Å². The summed E-state index contributed by atoms with van der Waals surface area (Å²) in [5.41, 5.74) is 2.53. The van der Waals surface area contributed by atoms with Gasteiger partial charge in [0.25, 0.3) is 0 Å². The van der Waals surface area contributed by atoms with Crippen LogP contribution in [0.25, 0.3) is 0 Å². The van der Waals surface area contributed by atoms with Gasteiger partial charge in [-0.2, -0.15) is 0 Å². The Balaban J connectivity index is 2.05. The quantitative estimate of drug-likeness (QED) is 0.423. The van der Waals surface area contributed by atoms with E-state index >= 15 is 0 Å². The van der Waals surface area contributed by atoms with E-state index in [2.05, 4.69) is 19.7 Å². The van der Waals surface area contributed by atoms with Gasteiger partial charge in [-0.1, -0.05) is 30.9 Å². The van der Waals surface area contributed by atoms with Gasteiger partial charge in [-0.15, -0.1) is 0 Å². The third-order valence-corrected chi connectivity index (χ3v) is 5.00. The average molecular weight is 288 g/mol. The molecular formula is C17H20O4. The predicted octanol–water partition coefficient (Wildman–Crippen LogP) is 2.56. The van der Waals surface area contributed by atoms with Crippen LogP contribution >= 0.6 is 0 Å². The minimum Gasteiger partial charge on any atom is -0.461 e. The maximum atomic E-state index is 11.9. The number of fused-ring (bicyclic) bond motifs is 2. The molecule has 4 heteroatoms. The minimum atomic E-state index is -0.425. The third-order valence-electron chi connectivity index (χ3n) is 5.00. The van der Waals surface area contributed by atoms with E-state index in [1.54, 1.807) is 0 Å². The van der Waals surface area contributed by atoms with Crippen LogP contribution in [0.3, 0.4) is 0 Å². The second kappa shape index (κ2) is 4.86. The number of carbonyl (C=O) groups excluding carboxylic acids is 2. The van der Waals surface area contributed by atoms with Crippen molar-refractivity contribution in [3.8, 4) is 0 Å². The van der Waals surface area contributed by atoms with Crippen LogP contribution in [0.15, 0.2) is 36.5 Å². The molecule has 1 saturated heterocycles. The van der Waals surface area contributed by atoms with Gasteiger partial charge in [0.15, 0.2) is 0 Å². The van der Waals surface area contributed by atoms with E-state index in [1.807, 2.05) is 0 Å². The highest BCUT2D eigenvalue weighted by Crippen LogP contribution is 2.51. The largest absolute Gasteiger partial charge is 0.461 e. The molecule has 2 saturated carbocycles. The van der Waals surface area contributed by atoms with Crippen molar-refractivity contribution < 1.29 is 19.1 Å². The molecule has 112 valence electrons. The summed E-state index contributed by atoms with van der Waals surface area (Å²) in [5, 5.41) is 0. The van der Waals surface area contributed by atoms with Crippen molar-refractivity contribution in [1.82, 2.24) is 0 Å². The lowest BCUT2D eigenvalue weighted by molar-refractivity contribution is -0.152. The number of rotatable bonds is 1. The summed E-state index contributed by atoms with van der Waals surface area (Å²) in [6.45, 7) is 13.6. The Kier molecular flexibility index (Phi) is 3.27. The molecule has 21 heavy (non-hydrogen) atoms. The van der Waals surface area contributed by atoms with E-state index in [9.17, 15) is 9.59 Å². The van der Waals surface area contributed by atoms with Gasteiger partial charge in [-0.05, 0) is 18.8 Å². The fourth-order valence-electron chi connectivity index (χ4n) is 4.09. The molecule has 3 rings (SSSR count). The van der Waals surface area contributed by atoms with Crippen molar-refractivity contribution in [2.45, 2.75) is 38.4 Å². The lowest BCUT2D eigenvalue weighted by atomic mass is 9.80. The van der Waals surface area contributed by atoms with Crippen LogP contribution in [0.1, 0.15) is 26.2 Å². The first-order valence-electron chi connectivity index (χ1n) is 7.32. The van der Waals surface area contributed by atoms with Gasteiger partial charge in [0, 0.05) is 24.8 Å². The number of carbonyl (C=O) groups is 2. The Morgan fingerprint density at radius 3 is 2.62 bits per heavy atom. The van der Waals surface area contributed by atoms with Gasteiger partial charge in [0.05, 0.1) is 5.92 Å². The van der Waals surface area contributed by atoms with Crippen LogP contribution in [-0.4, -0.2) is 24.1 Å². The van der Waals surface area contributed by atoms with Crippen molar-refractivity contribution in [2.75, 3.05) is 0 Å². The maximum Gasteiger partial charge on any atom is 0.334 e. The second-order valence-corrected chi connectivity index (χ2v) is 6.26. The van der Waals surface area contributed by atoms with E-state index in [-0.39, 0.29) is 29.8 Å². The molecule has 2 aliphatic carbocycles. The zero-order valence-electron chi connectivity index (χ0n) is 12.3. The Morgan fingerprint density at radius 2 is 1.95 bits per heavy atom. The molecule has 0 spiro atoms. The standard InChI is InChI=1S/C17H20O4/c1-8-5-6-12-9(2)7-13-15(10(3)17(19)21-13)16(14(8)12)20-11(4)18/h12-16H,1-3,5-7H2,4H3/t12-,13-,14-,15+,16+/m0/s1. The van der Waals surface area contributed by atoms with Gasteiger partial charge >= 0.3 is 11.9 Å². The van der Waals surface area contributed by atoms with Gasteiger partial charge in [0.2, 0.25) is 0 Å². The number of hydrogen-bond donors (Lipinski definition) is 0. The number of ether oxygens (including phenoxy) is 2. The molecule has 0 radical (unpaired) electrons. The molecule has 3 aliphatic rings. The second-order valence-electron chi connectivity index (χ2n) is 6.26. The lowest BCUT2D eigenvalue weighted by Gasteiger charge is -2.31. The molecule has 0 bridgehead atoms. The van der Waals surface area contributed by atoms with Crippen LogP contribution < -0.4 is 0 Å². The van der Waals surface area contributed by atoms with Gasteiger partial charge in [0.1, 0.15) is 12.2 Å². The van der Waals surface area contributed by atoms with Crippen LogP contribution in [0.5, 0.6) is 0 Å². The molecule has 0 amide bonds. The highest BCUT2D eigenvalue weighted by atomic mass is 16.6. The van der Waals surface area contributed by atoms with Crippen LogP contribution in [0, 0.1) is 17.8 Å². The third kappa shape index (κ3) is 2.13. The Labute approximate surface area is 124 Å². The van der Waals surface area contributed by atoms with Crippen molar-refractivity contribution in [3.63, 3.8) is 0 Å². The highest BCUT2D eigenvalue weighted by Gasteiger charge is 2.54. The molecule has 3 fully saturated rings. The zero-order valence-corrected chi connectivity index (χ0v) is 12.3. The molecule has 0 aromatic rings.